The van der Waals surface area contributed by atoms with E-state index in [1.807, 2.05) is 32.5 Å². The standard InChI is InChI=1S/C25H46N2O4S2/c1-6-24(2,3)22(28)17-30-13-14-31-18-23(29)26-11-15-32-20-9-10-21(20)33-16-12-27-25(4,5)19-7-8-19/h19-21,27H,6-18H2,1-5H3,(H,26,29). The first-order valence-corrected chi connectivity index (χ1v) is 14.7. The van der Waals surface area contributed by atoms with Crippen LogP contribution in [0.25, 0.3) is 0 Å². The van der Waals surface area contributed by atoms with Gasteiger partial charge in [-0.3, -0.25) is 9.59 Å². The second-order valence-corrected chi connectivity index (χ2v) is 13.1. The number of nitrogens with one attached hydrogen (secondary N) is 2. The van der Waals surface area contributed by atoms with Gasteiger partial charge in [0.25, 0.3) is 0 Å². The molecule has 0 aromatic carbocycles. The van der Waals surface area contributed by atoms with Crippen LogP contribution in [0, 0.1) is 11.3 Å². The summed E-state index contributed by atoms with van der Waals surface area (Å²) in [5.74, 6) is 3.00. The largest absolute Gasteiger partial charge is 0.371 e. The lowest BCUT2D eigenvalue weighted by Gasteiger charge is -2.36. The molecule has 2 atom stereocenters. The average molecular weight is 503 g/mol. The molecule has 0 heterocycles. The van der Waals surface area contributed by atoms with E-state index in [1.54, 1.807) is 0 Å². The summed E-state index contributed by atoms with van der Waals surface area (Å²) in [4.78, 5) is 23.9. The van der Waals surface area contributed by atoms with Gasteiger partial charge >= 0.3 is 0 Å². The fourth-order valence-electron chi connectivity index (χ4n) is 3.64. The fraction of sp³-hybridized carbons (Fsp3) is 0.920. The van der Waals surface area contributed by atoms with Gasteiger partial charge in [0.2, 0.25) is 5.91 Å². The van der Waals surface area contributed by atoms with Gasteiger partial charge in [-0.1, -0.05) is 20.8 Å². The molecule has 0 spiro atoms. The van der Waals surface area contributed by atoms with E-state index in [9.17, 15) is 9.59 Å². The monoisotopic (exact) mass is 502 g/mol. The van der Waals surface area contributed by atoms with Crippen LogP contribution >= 0.6 is 23.5 Å². The lowest BCUT2D eigenvalue weighted by molar-refractivity contribution is -0.133. The molecule has 0 aromatic heterocycles. The van der Waals surface area contributed by atoms with E-state index in [4.69, 9.17) is 9.47 Å². The second kappa shape index (κ2) is 14.3. The molecule has 2 unspecified atom stereocenters. The van der Waals surface area contributed by atoms with Crippen molar-refractivity contribution in [1.82, 2.24) is 10.6 Å². The predicted octanol–water partition coefficient (Wildman–Crippen LogP) is 3.92. The zero-order valence-corrected chi connectivity index (χ0v) is 23.0. The average Bonchev–Trinajstić information content (AvgIpc) is 3.60. The van der Waals surface area contributed by atoms with Crippen LogP contribution in [0.2, 0.25) is 0 Å². The summed E-state index contributed by atoms with van der Waals surface area (Å²) in [5.41, 5.74) is -0.0466. The van der Waals surface area contributed by atoms with Crippen molar-refractivity contribution in [3.8, 4) is 0 Å². The Morgan fingerprint density at radius 1 is 0.879 bits per heavy atom. The lowest BCUT2D eigenvalue weighted by Crippen LogP contribution is -2.43. The molecule has 2 rings (SSSR count). The number of Topliss-reactive ketones (excluding diaryl/α,β-unsaturated/α-hetero) is 1. The van der Waals surface area contributed by atoms with E-state index < -0.39 is 0 Å². The minimum absolute atomic E-state index is 0.0362. The Labute approximate surface area is 209 Å². The van der Waals surface area contributed by atoms with E-state index in [0.717, 1.165) is 35.1 Å². The molecule has 2 fully saturated rings. The Morgan fingerprint density at radius 3 is 2.00 bits per heavy atom. The number of ketones is 1. The molecular formula is C25H46N2O4S2. The lowest BCUT2D eigenvalue weighted by atomic mass is 9.86. The highest BCUT2D eigenvalue weighted by Gasteiger charge is 2.37. The van der Waals surface area contributed by atoms with Crippen molar-refractivity contribution in [1.29, 1.82) is 0 Å². The zero-order valence-electron chi connectivity index (χ0n) is 21.4. The highest BCUT2D eigenvalue weighted by atomic mass is 32.2. The Balaban J connectivity index is 1.40. The first kappa shape index (κ1) is 29.0. The third kappa shape index (κ3) is 10.9. The maximum Gasteiger partial charge on any atom is 0.246 e. The first-order valence-electron chi connectivity index (χ1n) is 12.6. The number of ether oxygens (including phenoxy) is 2. The van der Waals surface area contributed by atoms with Crippen molar-refractivity contribution in [2.75, 3.05) is 51.0 Å². The van der Waals surface area contributed by atoms with Crippen LogP contribution in [-0.4, -0.2) is 78.8 Å². The number of thioether (sulfide) groups is 2. The highest BCUT2D eigenvalue weighted by Crippen LogP contribution is 2.41. The van der Waals surface area contributed by atoms with Gasteiger partial charge in [-0.25, -0.2) is 0 Å². The third-order valence-electron chi connectivity index (χ3n) is 7.00. The smallest absolute Gasteiger partial charge is 0.246 e. The molecule has 192 valence electrons. The van der Waals surface area contributed by atoms with E-state index in [-0.39, 0.29) is 30.3 Å². The van der Waals surface area contributed by atoms with E-state index >= 15 is 0 Å². The molecule has 0 aliphatic heterocycles. The van der Waals surface area contributed by atoms with Crippen LogP contribution in [0.1, 0.15) is 66.7 Å². The summed E-state index contributed by atoms with van der Waals surface area (Å²) in [6.45, 7) is 13.1. The Morgan fingerprint density at radius 2 is 1.45 bits per heavy atom. The fourth-order valence-corrected chi connectivity index (χ4v) is 6.47. The highest BCUT2D eigenvalue weighted by molar-refractivity contribution is 8.04. The van der Waals surface area contributed by atoms with Gasteiger partial charge in [-0.05, 0) is 51.9 Å². The van der Waals surface area contributed by atoms with Crippen molar-refractivity contribution < 1.29 is 19.1 Å². The molecule has 6 nitrogen and oxygen atoms in total. The molecule has 33 heavy (non-hydrogen) atoms. The van der Waals surface area contributed by atoms with Gasteiger partial charge < -0.3 is 20.1 Å². The summed E-state index contributed by atoms with van der Waals surface area (Å²) < 4.78 is 10.7. The number of rotatable bonds is 19. The number of hydrogen-bond acceptors (Lipinski definition) is 7. The Bertz CT molecular complexity index is 611. The van der Waals surface area contributed by atoms with Crippen molar-refractivity contribution in [2.24, 2.45) is 11.3 Å². The molecule has 0 radical (unpaired) electrons. The molecule has 0 aromatic rings. The molecule has 2 saturated carbocycles. The SMILES string of the molecule is CCC(C)(C)C(=O)COCCOCC(=O)NCCSC1CCC1SCCNC(C)(C)C1CC1. The van der Waals surface area contributed by atoms with Crippen LogP contribution in [-0.2, 0) is 19.1 Å². The van der Waals surface area contributed by atoms with Gasteiger partial charge in [0, 0.05) is 46.0 Å². The quantitative estimate of drug-likeness (QED) is 0.259. The van der Waals surface area contributed by atoms with Crippen molar-refractivity contribution >= 4 is 35.2 Å². The van der Waals surface area contributed by atoms with Crippen LogP contribution < -0.4 is 10.6 Å². The number of carbonyl (C=O) groups is 2. The molecule has 0 saturated heterocycles. The molecule has 0 bridgehead atoms. The van der Waals surface area contributed by atoms with Crippen molar-refractivity contribution in [3.63, 3.8) is 0 Å². The number of hydrogen-bond donors (Lipinski definition) is 2. The van der Waals surface area contributed by atoms with Crippen LogP contribution in [0.3, 0.4) is 0 Å². The summed E-state index contributed by atoms with van der Waals surface area (Å²) >= 11 is 4.09. The zero-order chi connectivity index (χ0) is 24.3. The minimum atomic E-state index is -0.346. The van der Waals surface area contributed by atoms with Gasteiger partial charge in [0.05, 0.1) is 13.2 Å². The predicted molar refractivity (Wildman–Crippen MR) is 140 cm³/mol. The first-order chi connectivity index (χ1) is 15.7. The molecule has 2 aliphatic carbocycles. The summed E-state index contributed by atoms with van der Waals surface area (Å²) in [7, 11) is 0. The maximum atomic E-state index is 12.0. The van der Waals surface area contributed by atoms with Crippen LogP contribution in [0.5, 0.6) is 0 Å². The topological polar surface area (TPSA) is 76.7 Å². The van der Waals surface area contributed by atoms with Gasteiger partial charge in [0.15, 0.2) is 5.78 Å². The number of carbonyl (C=O) groups excluding carboxylic acids is 2. The van der Waals surface area contributed by atoms with Crippen LogP contribution in [0.15, 0.2) is 0 Å². The summed E-state index contributed by atoms with van der Waals surface area (Å²) in [6.07, 6.45) is 6.16. The van der Waals surface area contributed by atoms with E-state index in [1.165, 1.54) is 31.4 Å². The van der Waals surface area contributed by atoms with Gasteiger partial charge in [0.1, 0.15) is 13.2 Å². The Hall–Kier alpha value is -0.280. The normalized spacial score (nSPS) is 21.0. The third-order valence-corrected chi connectivity index (χ3v) is 10.0. The minimum Gasteiger partial charge on any atom is -0.371 e. The van der Waals surface area contributed by atoms with E-state index in [2.05, 4.69) is 36.2 Å². The van der Waals surface area contributed by atoms with Crippen LogP contribution in [0.4, 0.5) is 0 Å². The molecule has 2 N–H and O–H groups in total. The van der Waals surface area contributed by atoms with Gasteiger partial charge in [-0.15, -0.1) is 0 Å². The molecule has 1 amide bonds. The Kier molecular flexibility index (Phi) is 12.6. The van der Waals surface area contributed by atoms with E-state index in [0.29, 0.717) is 25.3 Å². The molecular weight excluding hydrogens is 456 g/mol. The van der Waals surface area contributed by atoms with Crippen molar-refractivity contribution in [3.05, 3.63) is 0 Å². The van der Waals surface area contributed by atoms with Crippen molar-refractivity contribution in [2.45, 2.75) is 82.8 Å². The molecule has 2 aliphatic rings. The molecule has 8 heteroatoms. The summed E-state index contributed by atoms with van der Waals surface area (Å²) in [6, 6.07) is 0. The second-order valence-electron chi connectivity index (χ2n) is 10.4. The number of amides is 1. The summed E-state index contributed by atoms with van der Waals surface area (Å²) in [5, 5.41) is 8.14. The maximum absolute atomic E-state index is 12.0. The van der Waals surface area contributed by atoms with Gasteiger partial charge in [-0.2, -0.15) is 23.5 Å².